The number of rotatable bonds is 10. The fourth-order valence-corrected chi connectivity index (χ4v) is 2.55. The number of ether oxygens (including phenoxy) is 1. The van der Waals surface area contributed by atoms with Crippen LogP contribution in [0.1, 0.15) is 24.0 Å². The number of benzene rings is 2. The van der Waals surface area contributed by atoms with E-state index < -0.39 is 11.6 Å². The van der Waals surface area contributed by atoms with Crippen LogP contribution < -0.4 is 10.6 Å². The molecule has 2 N–H and O–H groups in total. The van der Waals surface area contributed by atoms with E-state index in [4.69, 9.17) is 4.74 Å². The summed E-state index contributed by atoms with van der Waals surface area (Å²) in [6.07, 6.45) is 2.80. The summed E-state index contributed by atoms with van der Waals surface area (Å²) in [5.74, 6) is -0.334. The molecule has 0 radical (unpaired) electrons. The number of hydrogen-bond acceptors (Lipinski definition) is 2. The van der Waals surface area contributed by atoms with Crippen molar-refractivity contribution in [2.45, 2.75) is 25.8 Å². The number of nitrogens with one attached hydrogen (secondary N) is 2. The van der Waals surface area contributed by atoms with Crippen LogP contribution in [0.4, 0.5) is 8.78 Å². The zero-order valence-corrected chi connectivity index (χ0v) is 15.7. The van der Waals surface area contributed by atoms with Crippen LogP contribution in [0.15, 0.2) is 53.5 Å². The summed E-state index contributed by atoms with van der Waals surface area (Å²) >= 11 is 0. The van der Waals surface area contributed by atoms with Gasteiger partial charge in [-0.2, -0.15) is 0 Å². The largest absolute Gasteiger partial charge is 0.381 e. The smallest absolute Gasteiger partial charge is 0.191 e. The lowest BCUT2D eigenvalue weighted by atomic mass is 10.2. The molecule has 0 atom stereocenters. The van der Waals surface area contributed by atoms with Crippen LogP contribution in [-0.4, -0.2) is 32.8 Å². The molecular formula is C21H27F2N3O. The second-order valence-corrected chi connectivity index (χ2v) is 6.14. The number of guanidine groups is 1. The van der Waals surface area contributed by atoms with Crippen molar-refractivity contribution < 1.29 is 13.5 Å². The molecule has 0 bridgehead atoms. The summed E-state index contributed by atoms with van der Waals surface area (Å²) in [6, 6.07) is 13.7. The topological polar surface area (TPSA) is 45.7 Å². The number of aliphatic imine (C=N–C) groups is 1. The van der Waals surface area contributed by atoms with Crippen molar-refractivity contribution >= 4 is 5.96 Å². The molecule has 2 aromatic carbocycles. The predicted molar refractivity (Wildman–Crippen MR) is 105 cm³/mol. The van der Waals surface area contributed by atoms with E-state index >= 15 is 0 Å². The zero-order chi connectivity index (χ0) is 19.3. The first kappa shape index (κ1) is 20.8. The highest BCUT2D eigenvalue weighted by Gasteiger charge is 2.05. The average Bonchev–Trinajstić information content (AvgIpc) is 2.69. The van der Waals surface area contributed by atoms with E-state index in [1.54, 1.807) is 7.05 Å². The van der Waals surface area contributed by atoms with Crippen molar-refractivity contribution in [3.63, 3.8) is 0 Å². The third-order valence-corrected chi connectivity index (χ3v) is 4.06. The lowest BCUT2D eigenvalue weighted by molar-refractivity contribution is 0.133. The van der Waals surface area contributed by atoms with Gasteiger partial charge in [-0.1, -0.05) is 30.3 Å². The molecule has 0 fully saturated rings. The van der Waals surface area contributed by atoms with Crippen molar-refractivity contribution in [1.29, 1.82) is 0 Å². The van der Waals surface area contributed by atoms with Gasteiger partial charge >= 0.3 is 0 Å². The molecule has 0 aliphatic heterocycles. The molecule has 2 rings (SSSR count). The van der Waals surface area contributed by atoms with E-state index in [0.717, 1.165) is 51.2 Å². The molecule has 0 amide bonds. The maximum absolute atomic E-state index is 13.6. The first-order valence-corrected chi connectivity index (χ1v) is 9.19. The van der Waals surface area contributed by atoms with Crippen LogP contribution in [-0.2, 0) is 17.7 Å². The summed E-state index contributed by atoms with van der Waals surface area (Å²) in [7, 11) is 1.64. The molecule has 6 heteroatoms. The molecule has 27 heavy (non-hydrogen) atoms. The number of unbranched alkanes of at least 4 members (excludes halogenated alkanes) is 1. The van der Waals surface area contributed by atoms with E-state index in [1.165, 1.54) is 11.6 Å². The van der Waals surface area contributed by atoms with E-state index in [0.29, 0.717) is 5.96 Å². The maximum Gasteiger partial charge on any atom is 0.191 e. The van der Waals surface area contributed by atoms with Gasteiger partial charge in [-0.15, -0.1) is 0 Å². The third kappa shape index (κ3) is 8.17. The highest BCUT2D eigenvalue weighted by atomic mass is 19.1. The number of nitrogens with zero attached hydrogens (tertiary/aromatic N) is 1. The summed E-state index contributed by atoms with van der Waals surface area (Å²) in [5.41, 5.74) is 1.55. The molecule has 0 saturated carbocycles. The van der Waals surface area contributed by atoms with Crippen LogP contribution in [0.5, 0.6) is 0 Å². The van der Waals surface area contributed by atoms with Crippen LogP contribution in [0.2, 0.25) is 0 Å². The normalized spacial score (nSPS) is 11.4. The van der Waals surface area contributed by atoms with E-state index in [2.05, 4.69) is 27.8 Å². The molecule has 0 aliphatic rings. The van der Waals surface area contributed by atoms with Crippen molar-refractivity contribution in [3.05, 3.63) is 71.3 Å². The summed E-state index contributed by atoms with van der Waals surface area (Å²) in [5, 5.41) is 6.14. The lowest BCUT2D eigenvalue weighted by Crippen LogP contribution is -2.37. The number of halogens is 2. The minimum absolute atomic E-state index is 0.172. The lowest BCUT2D eigenvalue weighted by Gasteiger charge is -2.12. The standard InChI is InChI=1S/C21H27F2N3O/c1-24-21(26-16-18-15-19(22)9-10-20(18)23)25-12-5-6-13-27-14-11-17-7-3-2-4-8-17/h2-4,7-10,15H,5-6,11-14,16H2,1H3,(H2,24,25,26). The van der Waals surface area contributed by atoms with Crippen LogP contribution >= 0.6 is 0 Å². The number of hydrogen-bond donors (Lipinski definition) is 2. The Labute approximate surface area is 159 Å². The highest BCUT2D eigenvalue weighted by Crippen LogP contribution is 2.09. The van der Waals surface area contributed by atoms with Crippen molar-refractivity contribution in [3.8, 4) is 0 Å². The monoisotopic (exact) mass is 375 g/mol. The van der Waals surface area contributed by atoms with Gasteiger partial charge in [0.1, 0.15) is 11.6 Å². The summed E-state index contributed by atoms with van der Waals surface area (Å²) < 4.78 is 32.4. The van der Waals surface area contributed by atoms with E-state index in [1.807, 2.05) is 18.2 Å². The van der Waals surface area contributed by atoms with Gasteiger partial charge in [0.2, 0.25) is 0 Å². The van der Waals surface area contributed by atoms with Crippen LogP contribution in [0, 0.1) is 11.6 Å². The maximum atomic E-state index is 13.6. The Bertz CT molecular complexity index is 708. The second-order valence-electron chi connectivity index (χ2n) is 6.14. The van der Waals surface area contributed by atoms with E-state index in [-0.39, 0.29) is 12.1 Å². The fourth-order valence-electron chi connectivity index (χ4n) is 2.55. The predicted octanol–water partition coefficient (Wildman–Crippen LogP) is 3.67. The molecule has 0 saturated heterocycles. The minimum atomic E-state index is -0.455. The Morgan fingerprint density at radius 3 is 2.59 bits per heavy atom. The Kier molecular flexibility index (Phi) is 9.27. The van der Waals surface area contributed by atoms with E-state index in [9.17, 15) is 8.78 Å². The van der Waals surface area contributed by atoms with Crippen LogP contribution in [0.3, 0.4) is 0 Å². The molecule has 0 aromatic heterocycles. The molecule has 0 aliphatic carbocycles. The van der Waals surface area contributed by atoms with Gasteiger partial charge in [0.15, 0.2) is 5.96 Å². The quantitative estimate of drug-likeness (QED) is 0.378. The molecule has 2 aromatic rings. The third-order valence-electron chi connectivity index (χ3n) is 4.06. The van der Waals surface area contributed by atoms with Crippen molar-refractivity contribution in [2.24, 2.45) is 4.99 Å². The molecule has 146 valence electrons. The van der Waals surface area contributed by atoms with Gasteiger partial charge in [0.05, 0.1) is 6.61 Å². The van der Waals surface area contributed by atoms with Gasteiger partial charge in [0, 0.05) is 32.3 Å². The van der Waals surface area contributed by atoms with Crippen molar-refractivity contribution in [2.75, 3.05) is 26.8 Å². The summed E-state index contributed by atoms with van der Waals surface area (Å²) in [4.78, 5) is 4.08. The minimum Gasteiger partial charge on any atom is -0.381 e. The van der Waals surface area contributed by atoms with Gasteiger partial charge < -0.3 is 15.4 Å². The van der Waals surface area contributed by atoms with Gasteiger partial charge in [0.25, 0.3) is 0 Å². The Balaban J connectivity index is 1.54. The average molecular weight is 375 g/mol. The molecule has 4 nitrogen and oxygen atoms in total. The SMILES string of the molecule is CN=C(NCCCCOCCc1ccccc1)NCc1cc(F)ccc1F. The summed E-state index contributed by atoms with van der Waals surface area (Å²) in [6.45, 7) is 2.34. The Hall–Kier alpha value is -2.47. The van der Waals surface area contributed by atoms with Gasteiger partial charge in [-0.05, 0) is 43.0 Å². The Morgan fingerprint density at radius 1 is 1.00 bits per heavy atom. The van der Waals surface area contributed by atoms with Crippen LogP contribution in [0.25, 0.3) is 0 Å². The Morgan fingerprint density at radius 2 is 1.81 bits per heavy atom. The van der Waals surface area contributed by atoms with Gasteiger partial charge in [-0.25, -0.2) is 8.78 Å². The zero-order valence-electron chi connectivity index (χ0n) is 15.7. The van der Waals surface area contributed by atoms with Gasteiger partial charge in [-0.3, -0.25) is 4.99 Å². The highest BCUT2D eigenvalue weighted by molar-refractivity contribution is 5.79. The first-order chi connectivity index (χ1) is 13.2. The second kappa shape index (κ2) is 12.0. The van der Waals surface area contributed by atoms with Crippen molar-refractivity contribution in [1.82, 2.24) is 10.6 Å². The fraction of sp³-hybridized carbons (Fsp3) is 0.381. The molecule has 0 spiro atoms. The molecule has 0 unspecified atom stereocenters. The first-order valence-electron chi connectivity index (χ1n) is 9.19. The molecular weight excluding hydrogens is 348 g/mol. The molecule has 0 heterocycles.